The fourth-order valence-corrected chi connectivity index (χ4v) is 0.878. The molecule has 0 N–H and O–H groups in total. The molecule has 1 aromatic rings. The van der Waals surface area contributed by atoms with Crippen LogP contribution < -0.4 is 4.74 Å². The van der Waals surface area contributed by atoms with E-state index in [2.05, 4.69) is 4.74 Å². The smallest absolute Gasteiger partial charge is 0.286 e. The molecule has 0 saturated heterocycles. The molecule has 0 atom stereocenters. The molecule has 0 aliphatic carbocycles. The third-order valence-corrected chi connectivity index (χ3v) is 1.44. The molecular weight excluding hydrogens is 154 g/mol. The van der Waals surface area contributed by atoms with E-state index in [9.17, 15) is 0 Å². The van der Waals surface area contributed by atoms with Gasteiger partial charge in [-0.05, 0) is 17.7 Å². The fraction of sp³-hybridized carbons (Fsp3) is 0.222. The van der Waals surface area contributed by atoms with Gasteiger partial charge in [-0.25, -0.2) is 0 Å². The standard InChI is InChI=1S/C9H9NO2/c1-11-9-4-2-3-8(5-9)6-12-7-10/h2-5H,6H2,1H3. The summed E-state index contributed by atoms with van der Waals surface area (Å²) in [6.45, 7) is 0.299. The predicted molar refractivity (Wildman–Crippen MR) is 43.4 cm³/mol. The van der Waals surface area contributed by atoms with Crippen LogP contribution in [0.15, 0.2) is 24.3 Å². The lowest BCUT2D eigenvalue weighted by Crippen LogP contribution is -1.88. The van der Waals surface area contributed by atoms with Crippen LogP contribution in [0.3, 0.4) is 0 Å². The zero-order valence-electron chi connectivity index (χ0n) is 6.78. The summed E-state index contributed by atoms with van der Waals surface area (Å²) in [7, 11) is 1.60. The number of benzene rings is 1. The van der Waals surface area contributed by atoms with E-state index in [1.807, 2.05) is 24.3 Å². The molecule has 0 fully saturated rings. The first-order valence-corrected chi connectivity index (χ1v) is 3.50. The highest BCUT2D eigenvalue weighted by Gasteiger charge is 1.94. The largest absolute Gasteiger partial charge is 0.497 e. The van der Waals surface area contributed by atoms with Crippen molar-refractivity contribution in [1.29, 1.82) is 5.26 Å². The van der Waals surface area contributed by atoms with E-state index in [0.717, 1.165) is 11.3 Å². The molecule has 0 aliphatic heterocycles. The highest BCUT2D eigenvalue weighted by molar-refractivity contribution is 5.27. The maximum absolute atomic E-state index is 8.15. The molecule has 0 unspecified atom stereocenters. The molecule has 0 aromatic heterocycles. The van der Waals surface area contributed by atoms with Crippen LogP contribution >= 0.6 is 0 Å². The maximum atomic E-state index is 8.15. The van der Waals surface area contributed by atoms with E-state index >= 15 is 0 Å². The van der Waals surface area contributed by atoms with Gasteiger partial charge in [-0.2, -0.15) is 5.26 Å². The van der Waals surface area contributed by atoms with Crippen LogP contribution in [0.1, 0.15) is 5.56 Å². The molecule has 12 heavy (non-hydrogen) atoms. The first kappa shape index (κ1) is 8.41. The monoisotopic (exact) mass is 163 g/mol. The van der Waals surface area contributed by atoms with E-state index in [4.69, 9.17) is 10.00 Å². The second kappa shape index (κ2) is 4.24. The molecule has 3 nitrogen and oxygen atoms in total. The molecule has 0 heterocycles. The summed E-state index contributed by atoms with van der Waals surface area (Å²) in [4.78, 5) is 0. The van der Waals surface area contributed by atoms with Crippen LogP contribution in [0.25, 0.3) is 0 Å². The molecule has 0 spiro atoms. The summed E-state index contributed by atoms with van der Waals surface area (Å²) in [6.07, 6.45) is 1.61. The van der Waals surface area contributed by atoms with Crippen molar-refractivity contribution in [2.75, 3.05) is 7.11 Å². The number of nitrogens with zero attached hydrogens (tertiary/aromatic N) is 1. The Hall–Kier alpha value is -1.69. The van der Waals surface area contributed by atoms with Crippen molar-refractivity contribution in [3.8, 4) is 12.0 Å². The lowest BCUT2D eigenvalue weighted by Gasteiger charge is -2.01. The number of hydrogen-bond acceptors (Lipinski definition) is 3. The SMILES string of the molecule is COc1cccc(COC#N)c1. The Kier molecular flexibility index (Phi) is 2.97. The minimum Gasteiger partial charge on any atom is -0.497 e. The Morgan fingerprint density at radius 3 is 3.00 bits per heavy atom. The molecule has 0 bridgehead atoms. The predicted octanol–water partition coefficient (Wildman–Crippen LogP) is 1.69. The minimum absolute atomic E-state index is 0.299. The van der Waals surface area contributed by atoms with E-state index in [1.165, 1.54) is 0 Å². The Bertz CT molecular complexity index is 291. The van der Waals surface area contributed by atoms with Gasteiger partial charge in [0.25, 0.3) is 6.26 Å². The summed E-state index contributed by atoms with van der Waals surface area (Å²) in [5, 5.41) is 8.15. The van der Waals surface area contributed by atoms with E-state index in [-0.39, 0.29) is 0 Å². The van der Waals surface area contributed by atoms with Gasteiger partial charge in [0, 0.05) is 0 Å². The minimum atomic E-state index is 0.299. The van der Waals surface area contributed by atoms with Gasteiger partial charge >= 0.3 is 0 Å². The number of nitriles is 1. The lowest BCUT2D eigenvalue weighted by molar-refractivity contribution is 0.257. The Balaban J connectivity index is 2.67. The number of hydrogen-bond donors (Lipinski definition) is 0. The average molecular weight is 163 g/mol. The first-order valence-electron chi connectivity index (χ1n) is 3.50. The molecule has 1 rings (SSSR count). The summed E-state index contributed by atoms with van der Waals surface area (Å²) >= 11 is 0. The van der Waals surface area contributed by atoms with Gasteiger partial charge in [-0.1, -0.05) is 12.1 Å². The van der Waals surface area contributed by atoms with Gasteiger partial charge in [0.15, 0.2) is 0 Å². The Labute approximate surface area is 71.1 Å². The van der Waals surface area contributed by atoms with Crippen molar-refractivity contribution in [2.24, 2.45) is 0 Å². The van der Waals surface area contributed by atoms with Crippen molar-refractivity contribution in [3.63, 3.8) is 0 Å². The van der Waals surface area contributed by atoms with Crippen molar-refractivity contribution in [3.05, 3.63) is 29.8 Å². The molecule has 0 aliphatic rings. The first-order chi connectivity index (χ1) is 5.86. The second-order valence-electron chi connectivity index (χ2n) is 2.23. The van der Waals surface area contributed by atoms with Gasteiger partial charge in [-0.15, -0.1) is 0 Å². The van der Waals surface area contributed by atoms with Gasteiger partial charge in [-0.3, -0.25) is 0 Å². The molecular formula is C9H9NO2. The highest BCUT2D eigenvalue weighted by Crippen LogP contribution is 2.12. The van der Waals surface area contributed by atoms with Crippen molar-refractivity contribution in [2.45, 2.75) is 6.61 Å². The van der Waals surface area contributed by atoms with Gasteiger partial charge in [0.2, 0.25) is 0 Å². The number of methoxy groups -OCH3 is 1. The molecule has 1 aromatic carbocycles. The van der Waals surface area contributed by atoms with Gasteiger partial charge in [0.1, 0.15) is 12.4 Å². The summed E-state index contributed by atoms with van der Waals surface area (Å²) < 4.78 is 9.57. The van der Waals surface area contributed by atoms with E-state index < -0.39 is 0 Å². The zero-order chi connectivity index (χ0) is 8.81. The number of ether oxygens (including phenoxy) is 2. The maximum Gasteiger partial charge on any atom is 0.286 e. The third-order valence-electron chi connectivity index (χ3n) is 1.44. The normalized spacial score (nSPS) is 8.67. The highest BCUT2D eigenvalue weighted by atomic mass is 16.5. The topological polar surface area (TPSA) is 42.2 Å². The van der Waals surface area contributed by atoms with Crippen molar-refractivity contribution >= 4 is 0 Å². The Morgan fingerprint density at radius 1 is 1.50 bits per heavy atom. The average Bonchev–Trinajstić information content (AvgIpc) is 2.15. The molecule has 0 amide bonds. The quantitative estimate of drug-likeness (QED) is 0.637. The van der Waals surface area contributed by atoms with Gasteiger partial charge < -0.3 is 9.47 Å². The van der Waals surface area contributed by atoms with Crippen molar-refractivity contribution < 1.29 is 9.47 Å². The molecule has 0 saturated carbocycles. The number of rotatable bonds is 3. The van der Waals surface area contributed by atoms with Crippen LogP contribution in [-0.4, -0.2) is 7.11 Å². The molecule has 62 valence electrons. The van der Waals surface area contributed by atoms with Crippen molar-refractivity contribution in [1.82, 2.24) is 0 Å². The molecule has 0 radical (unpaired) electrons. The fourth-order valence-electron chi connectivity index (χ4n) is 0.878. The van der Waals surface area contributed by atoms with E-state index in [0.29, 0.717) is 6.61 Å². The van der Waals surface area contributed by atoms with Crippen LogP contribution in [0.4, 0.5) is 0 Å². The summed E-state index contributed by atoms with van der Waals surface area (Å²) in [5.74, 6) is 0.772. The van der Waals surface area contributed by atoms with Crippen LogP contribution in [0, 0.1) is 11.5 Å². The van der Waals surface area contributed by atoms with Gasteiger partial charge in [0.05, 0.1) is 7.11 Å². The third kappa shape index (κ3) is 2.17. The lowest BCUT2D eigenvalue weighted by atomic mass is 10.2. The summed E-state index contributed by atoms with van der Waals surface area (Å²) in [5.41, 5.74) is 0.927. The van der Waals surface area contributed by atoms with Crippen LogP contribution in [-0.2, 0) is 11.3 Å². The summed E-state index contributed by atoms with van der Waals surface area (Å²) in [6, 6.07) is 7.40. The van der Waals surface area contributed by atoms with E-state index in [1.54, 1.807) is 13.4 Å². The second-order valence-corrected chi connectivity index (χ2v) is 2.23. The zero-order valence-corrected chi connectivity index (χ0v) is 6.78. The van der Waals surface area contributed by atoms with Crippen LogP contribution in [0.5, 0.6) is 5.75 Å². The van der Waals surface area contributed by atoms with Crippen LogP contribution in [0.2, 0.25) is 0 Å². The molecule has 3 heteroatoms. The Morgan fingerprint density at radius 2 is 2.33 bits per heavy atom.